The highest BCUT2D eigenvalue weighted by Crippen LogP contribution is 2.43. The van der Waals surface area contributed by atoms with Gasteiger partial charge in [-0.1, -0.05) is 73.6 Å². The minimum atomic E-state index is -1.82. The first-order valence-corrected chi connectivity index (χ1v) is 11.5. The summed E-state index contributed by atoms with van der Waals surface area (Å²) in [5.74, 6) is 3.26. The molecule has 0 radical (unpaired) electrons. The molecule has 0 heterocycles. The van der Waals surface area contributed by atoms with E-state index in [1.54, 1.807) is 0 Å². The van der Waals surface area contributed by atoms with E-state index in [2.05, 4.69) is 75.1 Å². The summed E-state index contributed by atoms with van der Waals surface area (Å²) in [6.45, 7) is 16.3. The Kier molecular flexibility index (Phi) is 11.0. The molecule has 1 unspecified atom stereocenters. The molecule has 3 heteroatoms. The smallest absolute Gasteiger partial charge is 0.202 e. The summed E-state index contributed by atoms with van der Waals surface area (Å²) in [4.78, 5) is 2.91. The summed E-state index contributed by atoms with van der Waals surface area (Å²) in [6, 6.07) is 0. The predicted molar refractivity (Wildman–Crippen MR) is 101 cm³/mol. The minimum Gasteiger partial charge on any atom is -0.402 e. The van der Waals surface area contributed by atoms with Crippen LogP contribution >= 0.6 is 15.9 Å². The summed E-state index contributed by atoms with van der Waals surface area (Å²) in [6.07, 6.45) is 6.27. The Morgan fingerprint density at radius 2 is 1.43 bits per heavy atom. The maximum atomic E-state index is 6.78. The van der Waals surface area contributed by atoms with Gasteiger partial charge in [-0.2, -0.15) is 0 Å². The van der Waals surface area contributed by atoms with Gasteiger partial charge in [0, 0.05) is 15.9 Å². The van der Waals surface area contributed by atoms with Crippen LogP contribution in [0.4, 0.5) is 0 Å². The fraction of sp³-hybridized carbons (Fsp3) is 0.889. The van der Waals surface area contributed by atoms with Gasteiger partial charge in [-0.05, 0) is 34.3 Å². The van der Waals surface area contributed by atoms with E-state index in [4.69, 9.17) is 4.43 Å². The number of hydrogen-bond acceptors (Lipinski definition) is 1. The van der Waals surface area contributed by atoms with Crippen molar-refractivity contribution in [1.29, 1.82) is 0 Å². The predicted octanol–water partition coefficient (Wildman–Crippen LogP) is 6.87. The number of unbranched alkanes of at least 4 members (excludes halogenated alkanes) is 3. The molecule has 1 atom stereocenters. The first kappa shape index (κ1) is 21.2. The van der Waals surface area contributed by atoms with Crippen molar-refractivity contribution >= 4 is 24.2 Å². The summed E-state index contributed by atoms with van der Waals surface area (Å²) in [5, 5.41) is 0. The normalized spacial score (nSPS) is 13.7. The van der Waals surface area contributed by atoms with Crippen LogP contribution in [0, 0.1) is 10.8 Å². The monoisotopic (exact) mass is 374 g/mol. The lowest BCUT2D eigenvalue weighted by Crippen LogP contribution is -2.50. The van der Waals surface area contributed by atoms with Crippen molar-refractivity contribution in [2.24, 2.45) is 0 Å². The van der Waals surface area contributed by atoms with Crippen LogP contribution in [-0.4, -0.2) is 14.4 Å². The average Bonchev–Trinajstić information content (AvgIpc) is 2.39. The SMILES string of the molecule is CCCCCCC(C#CBr)O[Si](C(C)C)(C(C)C)C(C)C. The molecule has 0 aromatic carbocycles. The lowest BCUT2D eigenvalue weighted by molar-refractivity contribution is 0.211. The Bertz CT molecular complexity index is 306. The molecule has 0 saturated carbocycles. The second-order valence-corrected chi connectivity index (χ2v) is 12.8. The van der Waals surface area contributed by atoms with Crippen LogP contribution in [0.25, 0.3) is 0 Å². The second kappa shape index (κ2) is 10.9. The van der Waals surface area contributed by atoms with E-state index in [9.17, 15) is 0 Å². The van der Waals surface area contributed by atoms with Gasteiger partial charge in [0.15, 0.2) is 0 Å². The molecule has 0 aliphatic heterocycles. The highest BCUT2D eigenvalue weighted by atomic mass is 79.9. The third kappa shape index (κ3) is 6.46. The topological polar surface area (TPSA) is 9.23 Å². The summed E-state index contributed by atoms with van der Waals surface area (Å²) in [5.41, 5.74) is 1.85. The van der Waals surface area contributed by atoms with Crippen LogP contribution in [-0.2, 0) is 4.43 Å². The highest BCUT2D eigenvalue weighted by molar-refractivity contribution is 9.12. The van der Waals surface area contributed by atoms with E-state index in [-0.39, 0.29) is 6.10 Å². The van der Waals surface area contributed by atoms with Gasteiger partial charge in [-0.15, -0.1) is 0 Å². The van der Waals surface area contributed by atoms with Crippen molar-refractivity contribution < 1.29 is 4.43 Å². The van der Waals surface area contributed by atoms with Gasteiger partial charge < -0.3 is 4.43 Å². The molecule has 0 amide bonds. The maximum absolute atomic E-state index is 6.78. The first-order chi connectivity index (χ1) is 9.82. The molecular weight excluding hydrogens is 340 g/mol. The molecule has 0 rings (SSSR count). The fourth-order valence-corrected chi connectivity index (χ4v) is 9.37. The quantitative estimate of drug-likeness (QED) is 0.230. The second-order valence-electron chi connectivity index (χ2n) is 7.01. The Labute approximate surface area is 142 Å². The van der Waals surface area contributed by atoms with E-state index < -0.39 is 8.32 Å². The molecule has 0 bridgehead atoms. The van der Waals surface area contributed by atoms with Crippen LogP contribution in [0.5, 0.6) is 0 Å². The van der Waals surface area contributed by atoms with Crippen LogP contribution in [0.2, 0.25) is 16.6 Å². The lowest BCUT2D eigenvalue weighted by atomic mass is 10.1. The maximum Gasteiger partial charge on any atom is 0.202 e. The van der Waals surface area contributed by atoms with Crippen molar-refractivity contribution in [1.82, 2.24) is 0 Å². The van der Waals surface area contributed by atoms with Crippen LogP contribution < -0.4 is 0 Å². The van der Waals surface area contributed by atoms with Crippen molar-refractivity contribution in [3.63, 3.8) is 0 Å². The van der Waals surface area contributed by atoms with Crippen molar-refractivity contribution in [2.75, 3.05) is 0 Å². The molecule has 1 nitrogen and oxygen atoms in total. The molecule has 0 aliphatic rings. The zero-order valence-corrected chi connectivity index (χ0v) is 17.7. The van der Waals surface area contributed by atoms with Gasteiger partial charge in [0.25, 0.3) is 0 Å². The molecule has 0 spiro atoms. The van der Waals surface area contributed by atoms with E-state index in [0.717, 1.165) is 6.42 Å². The van der Waals surface area contributed by atoms with Crippen LogP contribution in [0.1, 0.15) is 80.6 Å². The Morgan fingerprint density at radius 1 is 0.905 bits per heavy atom. The zero-order valence-electron chi connectivity index (χ0n) is 15.1. The Morgan fingerprint density at radius 3 is 1.81 bits per heavy atom. The van der Waals surface area contributed by atoms with E-state index in [0.29, 0.717) is 16.6 Å². The van der Waals surface area contributed by atoms with E-state index in [1.807, 2.05) is 0 Å². The molecule has 0 saturated heterocycles. The Hall–Kier alpha value is 0.217. The lowest BCUT2D eigenvalue weighted by Gasteiger charge is -2.43. The van der Waals surface area contributed by atoms with Crippen molar-refractivity contribution in [2.45, 2.75) is 103 Å². The molecular formula is C18H35BrOSi. The molecule has 0 aromatic rings. The summed E-state index contributed by atoms with van der Waals surface area (Å²) in [7, 11) is -1.82. The third-order valence-corrected chi connectivity index (χ3v) is 10.9. The van der Waals surface area contributed by atoms with Crippen LogP contribution in [0.15, 0.2) is 0 Å². The highest BCUT2D eigenvalue weighted by Gasteiger charge is 2.46. The largest absolute Gasteiger partial charge is 0.402 e. The van der Waals surface area contributed by atoms with E-state index in [1.165, 1.54) is 25.7 Å². The van der Waals surface area contributed by atoms with E-state index >= 15 is 0 Å². The Balaban J connectivity index is 5.00. The summed E-state index contributed by atoms with van der Waals surface area (Å²) >= 11 is 3.27. The molecule has 0 fully saturated rings. The number of hydrogen-bond donors (Lipinski definition) is 0. The number of rotatable bonds is 10. The van der Waals surface area contributed by atoms with Crippen molar-refractivity contribution in [3.8, 4) is 10.8 Å². The first-order valence-electron chi connectivity index (χ1n) is 8.61. The standard InChI is InChI=1S/C18H35BrOSi/c1-8-9-10-11-12-18(13-14-19)20-21(15(2)3,16(4)5)17(6)7/h15-18H,8-12H2,1-7H3. The molecule has 0 aliphatic carbocycles. The number of halogens is 1. The molecule has 21 heavy (non-hydrogen) atoms. The van der Waals surface area contributed by atoms with Gasteiger partial charge in [-0.25, -0.2) is 0 Å². The van der Waals surface area contributed by atoms with Crippen LogP contribution in [0.3, 0.4) is 0 Å². The molecule has 0 aromatic heterocycles. The van der Waals surface area contributed by atoms with Gasteiger partial charge in [0.05, 0.1) is 0 Å². The summed E-state index contributed by atoms with van der Waals surface area (Å²) < 4.78 is 6.78. The van der Waals surface area contributed by atoms with Gasteiger partial charge in [0.2, 0.25) is 8.32 Å². The fourth-order valence-electron chi connectivity index (χ4n) is 3.63. The molecule has 0 N–H and O–H groups in total. The minimum absolute atomic E-state index is 0.0973. The van der Waals surface area contributed by atoms with Crippen molar-refractivity contribution in [3.05, 3.63) is 0 Å². The average molecular weight is 375 g/mol. The zero-order chi connectivity index (χ0) is 16.5. The molecule has 124 valence electrons. The van der Waals surface area contributed by atoms with Gasteiger partial charge in [-0.3, -0.25) is 0 Å². The third-order valence-electron chi connectivity index (χ3n) is 4.59. The van der Waals surface area contributed by atoms with Gasteiger partial charge >= 0.3 is 0 Å². The van der Waals surface area contributed by atoms with Gasteiger partial charge in [0.1, 0.15) is 6.10 Å².